The zero-order valence-electron chi connectivity index (χ0n) is 11.2. The Morgan fingerprint density at radius 1 is 1.33 bits per heavy atom. The van der Waals surface area contributed by atoms with Gasteiger partial charge in [-0.15, -0.1) is 0 Å². The van der Waals surface area contributed by atoms with Gasteiger partial charge in [-0.2, -0.15) is 0 Å². The second-order valence-electron chi connectivity index (χ2n) is 4.52. The van der Waals surface area contributed by atoms with Gasteiger partial charge in [0, 0.05) is 0 Å². The molecule has 0 saturated carbocycles. The average molecular weight is 315 g/mol. The number of carbonyl (C=O) groups excluding carboxylic acids is 1. The summed E-state index contributed by atoms with van der Waals surface area (Å²) in [5.41, 5.74) is 1.11. The van der Waals surface area contributed by atoms with Crippen LogP contribution >= 0.6 is 15.9 Å². The van der Waals surface area contributed by atoms with Crippen molar-refractivity contribution in [2.24, 2.45) is 5.92 Å². The largest absolute Gasteiger partial charge is 0.496 e. The minimum Gasteiger partial charge on any atom is -0.496 e. The van der Waals surface area contributed by atoms with Gasteiger partial charge in [0.2, 0.25) is 0 Å². The van der Waals surface area contributed by atoms with Crippen LogP contribution in [0.1, 0.15) is 31.7 Å². The molecule has 18 heavy (non-hydrogen) atoms. The highest BCUT2D eigenvalue weighted by Crippen LogP contribution is 2.33. The smallest absolute Gasteiger partial charge is 0.306 e. The maximum absolute atomic E-state index is 11.4. The minimum atomic E-state index is -0.180. The lowest BCUT2D eigenvalue weighted by atomic mass is 9.86. The third-order valence-electron chi connectivity index (χ3n) is 3.02. The van der Waals surface area contributed by atoms with E-state index in [0.29, 0.717) is 12.3 Å². The van der Waals surface area contributed by atoms with Crippen LogP contribution in [0.3, 0.4) is 0 Å². The molecule has 0 spiro atoms. The lowest BCUT2D eigenvalue weighted by molar-refractivity contribution is -0.141. The lowest BCUT2D eigenvalue weighted by Crippen LogP contribution is -2.13. The van der Waals surface area contributed by atoms with Gasteiger partial charge in [-0.05, 0) is 45.5 Å². The highest BCUT2D eigenvalue weighted by atomic mass is 79.9. The molecule has 0 aromatic heterocycles. The van der Waals surface area contributed by atoms with Gasteiger partial charge in [-0.3, -0.25) is 4.79 Å². The number of halogens is 1. The van der Waals surface area contributed by atoms with Crippen LogP contribution in [0.5, 0.6) is 5.75 Å². The monoisotopic (exact) mass is 314 g/mol. The number of rotatable bonds is 5. The molecule has 1 atom stereocenters. The first-order valence-corrected chi connectivity index (χ1v) is 6.69. The normalized spacial score (nSPS) is 12.3. The van der Waals surface area contributed by atoms with E-state index in [1.165, 1.54) is 7.11 Å². The number of benzene rings is 1. The third-order valence-corrected chi connectivity index (χ3v) is 3.64. The van der Waals surface area contributed by atoms with Crippen molar-refractivity contribution in [1.29, 1.82) is 0 Å². The van der Waals surface area contributed by atoms with Crippen LogP contribution in [0.25, 0.3) is 0 Å². The number of carbonyl (C=O) groups is 1. The summed E-state index contributed by atoms with van der Waals surface area (Å²) in [4.78, 5) is 11.4. The summed E-state index contributed by atoms with van der Waals surface area (Å²) in [6, 6.07) is 5.91. The molecule has 0 aliphatic rings. The van der Waals surface area contributed by atoms with E-state index in [9.17, 15) is 4.79 Å². The second-order valence-corrected chi connectivity index (χ2v) is 5.38. The van der Waals surface area contributed by atoms with Crippen molar-refractivity contribution in [1.82, 2.24) is 0 Å². The molecule has 1 aromatic rings. The fraction of sp³-hybridized carbons (Fsp3) is 0.500. The number of hydrogen-bond acceptors (Lipinski definition) is 3. The van der Waals surface area contributed by atoms with E-state index < -0.39 is 0 Å². The van der Waals surface area contributed by atoms with E-state index in [0.717, 1.165) is 15.8 Å². The topological polar surface area (TPSA) is 35.5 Å². The fourth-order valence-electron chi connectivity index (χ4n) is 1.91. The summed E-state index contributed by atoms with van der Waals surface area (Å²) < 4.78 is 10.9. The Kier molecular flexibility index (Phi) is 5.66. The van der Waals surface area contributed by atoms with Gasteiger partial charge in [-0.1, -0.05) is 19.9 Å². The first kappa shape index (κ1) is 15.0. The SMILES string of the molecule is COC(=O)CC(c1ccc(OC)c(Br)c1)C(C)C. The molecule has 0 aliphatic heterocycles. The number of esters is 1. The first-order valence-electron chi connectivity index (χ1n) is 5.89. The summed E-state index contributed by atoms with van der Waals surface area (Å²) in [6.07, 6.45) is 0.396. The molecule has 0 amide bonds. The Balaban J connectivity index is 2.99. The molecule has 1 aromatic carbocycles. The zero-order valence-corrected chi connectivity index (χ0v) is 12.8. The predicted molar refractivity (Wildman–Crippen MR) is 74.9 cm³/mol. The van der Waals surface area contributed by atoms with Crippen LogP contribution in [0.4, 0.5) is 0 Å². The highest BCUT2D eigenvalue weighted by Gasteiger charge is 2.20. The molecule has 4 heteroatoms. The van der Waals surface area contributed by atoms with Crippen molar-refractivity contribution in [3.63, 3.8) is 0 Å². The van der Waals surface area contributed by atoms with Crippen LogP contribution in [0.2, 0.25) is 0 Å². The van der Waals surface area contributed by atoms with Gasteiger partial charge < -0.3 is 9.47 Å². The van der Waals surface area contributed by atoms with E-state index in [1.807, 2.05) is 18.2 Å². The molecule has 0 fully saturated rings. The average Bonchev–Trinajstić information content (AvgIpc) is 2.35. The van der Waals surface area contributed by atoms with E-state index in [4.69, 9.17) is 9.47 Å². The van der Waals surface area contributed by atoms with Crippen molar-refractivity contribution in [2.75, 3.05) is 14.2 Å². The van der Waals surface area contributed by atoms with Crippen LogP contribution in [0.15, 0.2) is 22.7 Å². The molecule has 0 heterocycles. The minimum absolute atomic E-state index is 0.152. The van der Waals surface area contributed by atoms with E-state index in [2.05, 4.69) is 29.8 Å². The molecule has 0 radical (unpaired) electrons. The second kappa shape index (κ2) is 6.78. The number of hydrogen-bond donors (Lipinski definition) is 0. The van der Waals surface area contributed by atoms with Gasteiger partial charge in [0.25, 0.3) is 0 Å². The Bertz CT molecular complexity index is 416. The molecule has 100 valence electrons. The molecule has 1 rings (SSSR count). The Labute approximate surface area is 117 Å². The summed E-state index contributed by atoms with van der Waals surface area (Å²) in [5, 5.41) is 0. The fourth-order valence-corrected chi connectivity index (χ4v) is 2.47. The quantitative estimate of drug-likeness (QED) is 0.776. The number of ether oxygens (including phenoxy) is 2. The van der Waals surface area contributed by atoms with Crippen LogP contribution in [0, 0.1) is 5.92 Å². The van der Waals surface area contributed by atoms with Crippen LogP contribution < -0.4 is 4.74 Å². The van der Waals surface area contributed by atoms with E-state index in [-0.39, 0.29) is 11.9 Å². The molecular formula is C14H19BrO3. The zero-order chi connectivity index (χ0) is 13.7. The first-order chi connectivity index (χ1) is 8.49. The molecule has 0 bridgehead atoms. The summed E-state index contributed by atoms with van der Waals surface area (Å²) in [6.45, 7) is 4.21. The Morgan fingerprint density at radius 3 is 2.44 bits per heavy atom. The van der Waals surface area contributed by atoms with E-state index >= 15 is 0 Å². The molecule has 0 N–H and O–H groups in total. The van der Waals surface area contributed by atoms with Crippen molar-refractivity contribution in [3.05, 3.63) is 28.2 Å². The Hall–Kier alpha value is -1.03. The number of methoxy groups -OCH3 is 2. The van der Waals surface area contributed by atoms with Crippen LogP contribution in [-0.2, 0) is 9.53 Å². The summed E-state index contributed by atoms with van der Waals surface area (Å²) >= 11 is 3.47. The predicted octanol–water partition coefficient (Wildman–Crippen LogP) is 3.76. The maximum atomic E-state index is 11.4. The molecule has 3 nitrogen and oxygen atoms in total. The molecule has 1 unspecified atom stereocenters. The van der Waals surface area contributed by atoms with Crippen molar-refractivity contribution in [2.45, 2.75) is 26.2 Å². The van der Waals surface area contributed by atoms with Gasteiger partial charge in [0.1, 0.15) is 5.75 Å². The van der Waals surface area contributed by atoms with E-state index in [1.54, 1.807) is 7.11 Å². The standard InChI is InChI=1S/C14H19BrO3/c1-9(2)11(8-14(16)18-4)10-5-6-13(17-3)12(15)7-10/h5-7,9,11H,8H2,1-4H3. The van der Waals surface area contributed by atoms with Crippen molar-refractivity contribution >= 4 is 21.9 Å². The van der Waals surface area contributed by atoms with Gasteiger partial charge in [0.15, 0.2) is 0 Å². The Morgan fingerprint density at radius 2 is 2.00 bits per heavy atom. The third kappa shape index (κ3) is 3.73. The van der Waals surface area contributed by atoms with Crippen molar-refractivity contribution < 1.29 is 14.3 Å². The molecule has 0 aliphatic carbocycles. The van der Waals surface area contributed by atoms with Gasteiger partial charge in [-0.25, -0.2) is 0 Å². The van der Waals surface area contributed by atoms with Gasteiger partial charge in [0.05, 0.1) is 25.1 Å². The van der Waals surface area contributed by atoms with Crippen molar-refractivity contribution in [3.8, 4) is 5.75 Å². The maximum Gasteiger partial charge on any atom is 0.306 e. The summed E-state index contributed by atoms with van der Waals surface area (Å²) in [7, 11) is 3.05. The summed E-state index contributed by atoms with van der Waals surface area (Å²) in [5.74, 6) is 1.13. The molecular weight excluding hydrogens is 296 g/mol. The lowest BCUT2D eigenvalue weighted by Gasteiger charge is -2.21. The van der Waals surface area contributed by atoms with Gasteiger partial charge >= 0.3 is 5.97 Å². The van der Waals surface area contributed by atoms with Crippen LogP contribution in [-0.4, -0.2) is 20.2 Å². The highest BCUT2D eigenvalue weighted by molar-refractivity contribution is 9.10. The molecule has 0 saturated heterocycles.